The first kappa shape index (κ1) is 20.1. The molecule has 2 amide bonds. The van der Waals surface area contributed by atoms with Crippen molar-refractivity contribution in [1.82, 2.24) is 0 Å². The zero-order chi connectivity index (χ0) is 21.4. The minimum Gasteiger partial charge on any atom is -0.323 e. The molecule has 0 saturated carbocycles. The molecule has 0 radical (unpaired) electrons. The number of hydrogen-bond acceptors (Lipinski definition) is 2. The summed E-state index contributed by atoms with van der Waals surface area (Å²) in [5.74, 6) is -0.425. The largest absolute Gasteiger partial charge is 0.323 e. The first-order valence-corrected chi connectivity index (χ1v) is 10.2. The molecule has 1 aliphatic rings. The Morgan fingerprint density at radius 1 is 1.03 bits per heavy atom. The number of hydrogen-bond donors (Lipinski definition) is 1. The molecule has 4 rings (SSSR count). The Morgan fingerprint density at radius 2 is 1.73 bits per heavy atom. The second-order valence-electron chi connectivity index (χ2n) is 7.56. The summed E-state index contributed by atoms with van der Waals surface area (Å²) < 4.78 is 1.83. The zero-order valence-electron chi connectivity index (χ0n) is 17.1. The van der Waals surface area contributed by atoms with E-state index in [4.69, 9.17) is 11.6 Å². The minimum absolute atomic E-state index is 0.161. The lowest BCUT2D eigenvalue weighted by molar-refractivity contribution is -0.695. The predicted octanol–water partition coefficient (Wildman–Crippen LogP) is 4.28. The van der Waals surface area contributed by atoms with Crippen molar-refractivity contribution in [1.29, 1.82) is 0 Å². The molecule has 2 aromatic carbocycles. The van der Waals surface area contributed by atoms with Crippen LogP contribution in [0.15, 0.2) is 60.8 Å². The third-order valence-electron chi connectivity index (χ3n) is 5.56. The molecule has 2 heterocycles. The second-order valence-corrected chi connectivity index (χ2v) is 7.97. The third-order valence-corrected chi connectivity index (χ3v) is 5.97. The van der Waals surface area contributed by atoms with Crippen LogP contribution in [0, 0.1) is 20.8 Å². The summed E-state index contributed by atoms with van der Waals surface area (Å²) in [4.78, 5) is 28.4. The molecule has 1 unspecified atom stereocenters. The molecule has 5 nitrogen and oxygen atoms in total. The summed E-state index contributed by atoms with van der Waals surface area (Å²) in [6, 6.07) is 16.1. The van der Waals surface area contributed by atoms with Gasteiger partial charge in [0.15, 0.2) is 6.20 Å². The number of nitrogens with one attached hydrogen (secondary N) is 1. The van der Waals surface area contributed by atoms with Crippen molar-refractivity contribution in [3.05, 3.63) is 88.2 Å². The van der Waals surface area contributed by atoms with Gasteiger partial charge in [0.25, 0.3) is 11.8 Å². The maximum atomic E-state index is 13.6. The van der Waals surface area contributed by atoms with Crippen molar-refractivity contribution in [3.63, 3.8) is 0 Å². The molecule has 1 aliphatic heterocycles. The molecule has 1 N–H and O–H groups in total. The highest BCUT2D eigenvalue weighted by atomic mass is 35.5. The van der Waals surface area contributed by atoms with Gasteiger partial charge >= 0.3 is 0 Å². The number of halogens is 1. The Bertz CT molecular complexity index is 1140. The molecule has 0 bridgehead atoms. The lowest BCUT2D eigenvalue weighted by Crippen LogP contribution is -2.58. The monoisotopic (exact) mass is 420 g/mol. The van der Waals surface area contributed by atoms with Crippen molar-refractivity contribution >= 4 is 34.8 Å². The fourth-order valence-electron chi connectivity index (χ4n) is 3.97. The topological polar surface area (TPSA) is 53.3 Å². The maximum Gasteiger partial charge on any atom is 0.294 e. The van der Waals surface area contributed by atoms with Gasteiger partial charge in [0, 0.05) is 28.5 Å². The van der Waals surface area contributed by atoms with Crippen LogP contribution >= 0.6 is 11.6 Å². The van der Waals surface area contributed by atoms with Crippen LogP contribution in [0.3, 0.4) is 0 Å². The molecule has 6 heteroatoms. The van der Waals surface area contributed by atoms with Crippen LogP contribution in [0.5, 0.6) is 0 Å². The number of benzene rings is 2. The van der Waals surface area contributed by atoms with Crippen LogP contribution in [-0.2, 0) is 16.1 Å². The van der Waals surface area contributed by atoms with E-state index in [1.807, 2.05) is 74.0 Å². The van der Waals surface area contributed by atoms with Gasteiger partial charge in [0.2, 0.25) is 18.3 Å². The van der Waals surface area contributed by atoms with Gasteiger partial charge in [-0.25, -0.2) is 0 Å². The number of carbonyl (C=O) groups is 2. The number of aryl methyl sites for hydroxylation is 2. The van der Waals surface area contributed by atoms with Gasteiger partial charge in [0.05, 0.1) is 0 Å². The smallest absolute Gasteiger partial charge is 0.294 e. The first-order chi connectivity index (χ1) is 14.4. The molecular formula is C24H23ClN3O2+. The Balaban J connectivity index is 1.84. The molecule has 1 aromatic heterocycles. The molecule has 0 fully saturated rings. The maximum absolute atomic E-state index is 13.6. The highest BCUT2D eigenvalue weighted by Crippen LogP contribution is 2.35. The Hall–Kier alpha value is -3.18. The van der Waals surface area contributed by atoms with E-state index in [0.29, 0.717) is 10.7 Å². The van der Waals surface area contributed by atoms with Gasteiger partial charge in [-0.15, -0.1) is 0 Å². The van der Waals surface area contributed by atoms with Crippen LogP contribution in [0.4, 0.5) is 11.4 Å². The number of carbonyl (C=O) groups excluding carboxylic acids is 2. The number of aromatic nitrogens is 1. The lowest BCUT2D eigenvalue weighted by atomic mass is 10.0. The average molecular weight is 421 g/mol. The molecule has 152 valence electrons. The SMILES string of the molecule is Cc1cccc(C)c1NC(=O)C1c2cccc[n+]2CC(=O)N1c1cccc(Cl)c1C. The third kappa shape index (κ3) is 3.46. The summed E-state index contributed by atoms with van der Waals surface area (Å²) >= 11 is 6.34. The van der Waals surface area contributed by atoms with E-state index in [9.17, 15) is 9.59 Å². The highest BCUT2D eigenvalue weighted by Gasteiger charge is 2.44. The van der Waals surface area contributed by atoms with E-state index in [1.165, 1.54) is 0 Å². The minimum atomic E-state index is -0.816. The van der Waals surface area contributed by atoms with Crippen LogP contribution < -0.4 is 14.8 Å². The molecular weight excluding hydrogens is 398 g/mol. The summed E-state index contributed by atoms with van der Waals surface area (Å²) in [5.41, 5.74) is 4.87. The zero-order valence-corrected chi connectivity index (χ0v) is 17.9. The molecule has 0 spiro atoms. The van der Waals surface area contributed by atoms with E-state index < -0.39 is 6.04 Å². The molecule has 3 aromatic rings. The van der Waals surface area contributed by atoms with Gasteiger partial charge in [-0.05, 0) is 49.6 Å². The standard InChI is InChI=1S/C24H22ClN3O2/c1-15-8-6-9-16(2)22(15)26-24(30)23-20-11-4-5-13-27(20)14-21(29)28(23)19-12-7-10-18(25)17(19)3/h4-13,23H,14H2,1-3H3/p+1. The molecule has 1 atom stereocenters. The van der Waals surface area contributed by atoms with E-state index in [0.717, 1.165) is 28.1 Å². The first-order valence-electron chi connectivity index (χ1n) is 9.81. The van der Waals surface area contributed by atoms with Crippen molar-refractivity contribution in [2.24, 2.45) is 0 Å². The fourth-order valence-corrected chi connectivity index (χ4v) is 4.13. The van der Waals surface area contributed by atoms with Gasteiger partial charge in [-0.1, -0.05) is 41.9 Å². The van der Waals surface area contributed by atoms with Gasteiger partial charge in [-0.3, -0.25) is 14.5 Å². The fraction of sp³-hybridized carbons (Fsp3) is 0.208. The highest BCUT2D eigenvalue weighted by molar-refractivity contribution is 6.31. The molecule has 0 aliphatic carbocycles. The van der Waals surface area contributed by atoms with Crippen molar-refractivity contribution in [3.8, 4) is 0 Å². The summed E-state index contributed by atoms with van der Waals surface area (Å²) in [6.07, 6.45) is 1.83. The van der Waals surface area contributed by atoms with Crippen molar-refractivity contribution in [2.75, 3.05) is 10.2 Å². The van der Waals surface area contributed by atoms with E-state index in [-0.39, 0.29) is 18.4 Å². The summed E-state index contributed by atoms with van der Waals surface area (Å²) in [5, 5.41) is 3.62. The predicted molar refractivity (Wildman–Crippen MR) is 118 cm³/mol. The van der Waals surface area contributed by atoms with Crippen LogP contribution in [-0.4, -0.2) is 11.8 Å². The number of rotatable bonds is 3. The van der Waals surface area contributed by atoms with Gasteiger partial charge in [0.1, 0.15) is 0 Å². The van der Waals surface area contributed by atoms with E-state index in [1.54, 1.807) is 17.0 Å². The lowest BCUT2D eigenvalue weighted by Gasteiger charge is -2.33. The molecule has 0 saturated heterocycles. The summed E-state index contributed by atoms with van der Waals surface area (Å²) in [7, 11) is 0. The van der Waals surface area contributed by atoms with Crippen LogP contribution in [0.2, 0.25) is 5.02 Å². The molecule has 30 heavy (non-hydrogen) atoms. The number of pyridine rings is 1. The van der Waals surface area contributed by atoms with Crippen LogP contribution in [0.25, 0.3) is 0 Å². The van der Waals surface area contributed by atoms with Crippen molar-refractivity contribution < 1.29 is 14.2 Å². The van der Waals surface area contributed by atoms with Crippen LogP contribution in [0.1, 0.15) is 28.4 Å². The number of anilines is 2. The normalized spacial score (nSPS) is 15.7. The number of fused-ring (bicyclic) bond motifs is 1. The number of amides is 2. The Kier molecular flexibility index (Phi) is 5.31. The number of nitrogens with zero attached hydrogens (tertiary/aromatic N) is 2. The Morgan fingerprint density at radius 3 is 2.47 bits per heavy atom. The van der Waals surface area contributed by atoms with Gasteiger partial charge in [-0.2, -0.15) is 4.57 Å². The average Bonchev–Trinajstić information content (AvgIpc) is 2.72. The quantitative estimate of drug-likeness (QED) is 0.643. The summed E-state index contributed by atoms with van der Waals surface area (Å²) in [6.45, 7) is 5.93. The van der Waals surface area contributed by atoms with Gasteiger partial charge < -0.3 is 5.32 Å². The van der Waals surface area contributed by atoms with Crippen molar-refractivity contribution in [2.45, 2.75) is 33.4 Å². The Labute approximate surface area is 180 Å². The van der Waals surface area contributed by atoms with E-state index >= 15 is 0 Å². The number of para-hydroxylation sites is 1. The van der Waals surface area contributed by atoms with E-state index in [2.05, 4.69) is 5.32 Å². The second kappa shape index (κ2) is 7.92.